The largest absolute Gasteiger partial charge is 0.409 e. The minimum atomic E-state index is 0.0224. The molecule has 1 atom stereocenters. The van der Waals surface area contributed by atoms with Crippen LogP contribution in [0.2, 0.25) is 0 Å². The molecule has 1 saturated heterocycles. The Kier molecular flexibility index (Phi) is 5.05. The van der Waals surface area contributed by atoms with E-state index < -0.39 is 0 Å². The van der Waals surface area contributed by atoms with Crippen LogP contribution in [-0.4, -0.2) is 34.9 Å². The Morgan fingerprint density at radius 1 is 1.26 bits per heavy atom. The highest BCUT2D eigenvalue weighted by Crippen LogP contribution is 2.29. The van der Waals surface area contributed by atoms with Gasteiger partial charge in [0.25, 0.3) is 0 Å². The first-order valence-electron chi connectivity index (χ1n) is 7.46. The van der Waals surface area contributed by atoms with E-state index in [9.17, 15) is 4.79 Å². The van der Waals surface area contributed by atoms with Crippen LogP contribution in [0.3, 0.4) is 0 Å². The van der Waals surface area contributed by atoms with Crippen LogP contribution < -0.4 is 5.73 Å². The highest BCUT2D eigenvalue weighted by molar-refractivity contribution is 5.84. The highest BCUT2D eigenvalue weighted by atomic mass is 16.4. The summed E-state index contributed by atoms with van der Waals surface area (Å²) in [4.78, 5) is 14.1. The summed E-state index contributed by atoms with van der Waals surface area (Å²) < 4.78 is 0. The average molecular weight is 267 g/mol. The molecule has 1 saturated carbocycles. The van der Waals surface area contributed by atoms with Gasteiger partial charge in [-0.05, 0) is 25.2 Å². The number of nitrogens with two attached hydrogens (primary N) is 1. The van der Waals surface area contributed by atoms with Crippen molar-refractivity contribution < 1.29 is 10.0 Å². The van der Waals surface area contributed by atoms with E-state index in [1.807, 2.05) is 4.90 Å². The lowest BCUT2D eigenvalue weighted by atomic mass is 9.96. The van der Waals surface area contributed by atoms with Crippen LogP contribution in [0.15, 0.2) is 5.16 Å². The molecule has 0 spiro atoms. The van der Waals surface area contributed by atoms with Crippen LogP contribution in [0.5, 0.6) is 0 Å². The van der Waals surface area contributed by atoms with E-state index in [2.05, 4.69) is 5.16 Å². The molecule has 1 aliphatic carbocycles. The smallest absolute Gasteiger partial charge is 0.222 e. The standard InChI is InChI=1S/C14H25N3O2/c15-14(16-19)12-6-3-9-17(10-12)13(18)8-7-11-4-1-2-5-11/h11-12,19H,1-10H2,(H2,15,16). The molecule has 2 fully saturated rings. The fourth-order valence-electron chi connectivity index (χ4n) is 3.31. The van der Waals surface area contributed by atoms with E-state index in [4.69, 9.17) is 10.9 Å². The zero-order valence-electron chi connectivity index (χ0n) is 11.6. The summed E-state index contributed by atoms with van der Waals surface area (Å²) in [6.45, 7) is 1.43. The predicted octanol–water partition coefficient (Wildman–Crippen LogP) is 1.94. The summed E-state index contributed by atoms with van der Waals surface area (Å²) in [5.74, 6) is 1.28. The molecule has 3 N–H and O–H groups in total. The van der Waals surface area contributed by atoms with E-state index in [1.54, 1.807) is 0 Å². The Morgan fingerprint density at radius 2 is 2.00 bits per heavy atom. The van der Waals surface area contributed by atoms with Gasteiger partial charge in [0.05, 0.1) is 0 Å². The van der Waals surface area contributed by atoms with Gasteiger partial charge in [-0.25, -0.2) is 0 Å². The van der Waals surface area contributed by atoms with Gasteiger partial charge in [0.1, 0.15) is 5.84 Å². The number of carbonyl (C=O) groups excluding carboxylic acids is 1. The number of hydrogen-bond donors (Lipinski definition) is 2. The second kappa shape index (κ2) is 6.78. The SMILES string of the molecule is NC(=NO)C1CCCN(C(=O)CCC2CCCC2)C1. The van der Waals surface area contributed by atoms with Crippen molar-refractivity contribution in [2.75, 3.05) is 13.1 Å². The molecule has 0 radical (unpaired) electrons. The van der Waals surface area contributed by atoms with Gasteiger partial charge in [0.15, 0.2) is 0 Å². The third-order valence-electron chi connectivity index (χ3n) is 4.55. The van der Waals surface area contributed by atoms with Gasteiger partial charge in [-0.3, -0.25) is 4.79 Å². The molecule has 1 heterocycles. The van der Waals surface area contributed by atoms with Crippen molar-refractivity contribution >= 4 is 11.7 Å². The van der Waals surface area contributed by atoms with Gasteiger partial charge in [-0.15, -0.1) is 0 Å². The average Bonchev–Trinajstić information content (AvgIpc) is 2.97. The maximum Gasteiger partial charge on any atom is 0.222 e. The van der Waals surface area contributed by atoms with Gasteiger partial charge in [0.2, 0.25) is 5.91 Å². The first-order chi connectivity index (χ1) is 9.20. The molecule has 2 rings (SSSR count). The van der Waals surface area contributed by atoms with E-state index in [0.29, 0.717) is 13.0 Å². The quantitative estimate of drug-likeness (QED) is 0.353. The molecule has 1 aliphatic heterocycles. The number of carbonyl (C=O) groups is 1. The van der Waals surface area contributed by atoms with Crippen molar-refractivity contribution in [1.29, 1.82) is 0 Å². The Morgan fingerprint density at radius 3 is 2.68 bits per heavy atom. The van der Waals surface area contributed by atoms with Crippen LogP contribution in [0.1, 0.15) is 51.4 Å². The Hall–Kier alpha value is -1.26. The Labute approximate surface area is 114 Å². The third-order valence-corrected chi connectivity index (χ3v) is 4.55. The molecule has 0 aromatic carbocycles. The molecule has 1 unspecified atom stereocenters. The first kappa shape index (κ1) is 14.2. The van der Waals surface area contributed by atoms with E-state index in [1.165, 1.54) is 25.7 Å². The molecule has 0 aromatic heterocycles. The topological polar surface area (TPSA) is 78.9 Å². The molecule has 5 heteroatoms. The molecule has 0 aromatic rings. The number of piperidine rings is 1. The van der Waals surface area contributed by atoms with Crippen LogP contribution in [-0.2, 0) is 4.79 Å². The lowest BCUT2D eigenvalue weighted by Gasteiger charge is -2.32. The molecule has 108 valence electrons. The summed E-state index contributed by atoms with van der Waals surface area (Å²) in [5.41, 5.74) is 5.65. The van der Waals surface area contributed by atoms with E-state index in [0.717, 1.165) is 31.7 Å². The van der Waals surface area contributed by atoms with Crippen LogP contribution in [0.4, 0.5) is 0 Å². The lowest BCUT2D eigenvalue weighted by Crippen LogP contribution is -2.44. The fourth-order valence-corrected chi connectivity index (χ4v) is 3.31. The molecular weight excluding hydrogens is 242 g/mol. The van der Waals surface area contributed by atoms with Crippen molar-refractivity contribution in [3.63, 3.8) is 0 Å². The number of amidine groups is 1. The van der Waals surface area contributed by atoms with Crippen LogP contribution in [0.25, 0.3) is 0 Å². The van der Waals surface area contributed by atoms with Gasteiger partial charge in [0, 0.05) is 25.4 Å². The van der Waals surface area contributed by atoms with Crippen LogP contribution in [0, 0.1) is 11.8 Å². The molecule has 1 amide bonds. The Balaban J connectivity index is 1.78. The van der Waals surface area contributed by atoms with Crippen molar-refractivity contribution in [3.8, 4) is 0 Å². The summed E-state index contributed by atoms with van der Waals surface area (Å²) >= 11 is 0. The maximum atomic E-state index is 12.2. The van der Waals surface area contributed by atoms with Gasteiger partial charge in [-0.2, -0.15) is 0 Å². The summed E-state index contributed by atoms with van der Waals surface area (Å²) in [5, 5.41) is 11.8. The van der Waals surface area contributed by atoms with E-state index >= 15 is 0 Å². The molecule has 19 heavy (non-hydrogen) atoms. The predicted molar refractivity (Wildman–Crippen MR) is 73.9 cm³/mol. The summed E-state index contributed by atoms with van der Waals surface area (Å²) in [7, 11) is 0. The van der Waals surface area contributed by atoms with Crippen molar-refractivity contribution in [3.05, 3.63) is 0 Å². The number of rotatable bonds is 4. The number of amides is 1. The lowest BCUT2D eigenvalue weighted by molar-refractivity contribution is -0.132. The highest BCUT2D eigenvalue weighted by Gasteiger charge is 2.26. The summed E-state index contributed by atoms with van der Waals surface area (Å²) in [6.07, 6.45) is 8.78. The zero-order chi connectivity index (χ0) is 13.7. The molecule has 5 nitrogen and oxygen atoms in total. The second-order valence-electron chi connectivity index (χ2n) is 5.89. The fraction of sp³-hybridized carbons (Fsp3) is 0.857. The number of likely N-dealkylation sites (tertiary alicyclic amines) is 1. The van der Waals surface area contributed by atoms with E-state index in [-0.39, 0.29) is 17.7 Å². The minimum absolute atomic E-state index is 0.0224. The van der Waals surface area contributed by atoms with Crippen molar-refractivity contribution in [1.82, 2.24) is 4.90 Å². The third kappa shape index (κ3) is 3.85. The number of nitrogens with zero attached hydrogens (tertiary/aromatic N) is 2. The number of oxime groups is 1. The normalized spacial score (nSPS) is 25.8. The van der Waals surface area contributed by atoms with Crippen molar-refractivity contribution in [2.45, 2.75) is 51.4 Å². The second-order valence-corrected chi connectivity index (χ2v) is 5.89. The maximum absolute atomic E-state index is 12.2. The van der Waals surface area contributed by atoms with Crippen molar-refractivity contribution in [2.24, 2.45) is 22.7 Å². The first-order valence-corrected chi connectivity index (χ1v) is 7.46. The van der Waals surface area contributed by atoms with Gasteiger partial charge in [-0.1, -0.05) is 30.8 Å². The minimum Gasteiger partial charge on any atom is -0.409 e. The molecule has 0 bridgehead atoms. The van der Waals surface area contributed by atoms with Gasteiger partial charge >= 0.3 is 0 Å². The monoisotopic (exact) mass is 267 g/mol. The molecule has 2 aliphatic rings. The van der Waals surface area contributed by atoms with Gasteiger partial charge < -0.3 is 15.8 Å². The van der Waals surface area contributed by atoms with Crippen LogP contribution >= 0.6 is 0 Å². The Bertz CT molecular complexity index is 338. The summed E-state index contributed by atoms with van der Waals surface area (Å²) in [6, 6.07) is 0. The molecular formula is C14H25N3O2. The zero-order valence-corrected chi connectivity index (χ0v) is 11.6. The number of hydrogen-bond acceptors (Lipinski definition) is 3.